The highest BCUT2D eigenvalue weighted by atomic mass is 35.5. The second kappa shape index (κ2) is 7.55. The molecule has 0 saturated heterocycles. The lowest BCUT2D eigenvalue weighted by Gasteiger charge is -2.10. The van der Waals surface area contributed by atoms with Crippen molar-refractivity contribution in [2.75, 3.05) is 6.61 Å². The van der Waals surface area contributed by atoms with E-state index < -0.39 is 10.8 Å². The summed E-state index contributed by atoms with van der Waals surface area (Å²) < 4.78 is 5.36. The second-order valence-corrected chi connectivity index (χ2v) is 4.94. The number of hydrogen-bond acceptors (Lipinski definition) is 5. The van der Waals surface area contributed by atoms with Crippen LogP contribution in [0.3, 0.4) is 0 Å². The highest BCUT2D eigenvalue weighted by Gasteiger charge is 2.20. The molecule has 1 amide bonds. The summed E-state index contributed by atoms with van der Waals surface area (Å²) in [5.74, 6) is -0.152. The van der Waals surface area contributed by atoms with E-state index in [2.05, 4.69) is 10.3 Å². The Labute approximate surface area is 137 Å². The number of aromatic nitrogens is 1. The summed E-state index contributed by atoms with van der Waals surface area (Å²) in [6, 6.07) is 7.37. The van der Waals surface area contributed by atoms with Crippen LogP contribution in [0.5, 0.6) is 5.88 Å². The minimum Gasteiger partial charge on any atom is -0.478 e. The van der Waals surface area contributed by atoms with Gasteiger partial charge in [-0.25, -0.2) is 4.98 Å². The first kappa shape index (κ1) is 16.7. The molecule has 0 bridgehead atoms. The summed E-state index contributed by atoms with van der Waals surface area (Å²) in [5.41, 5.74) is 0.284. The topological polar surface area (TPSA) is 94.4 Å². The fourth-order valence-corrected chi connectivity index (χ4v) is 2.11. The Balaban J connectivity index is 2.16. The number of nitrogens with one attached hydrogen (secondary N) is 1. The maximum Gasteiger partial charge on any atom is 0.283 e. The maximum absolute atomic E-state index is 12.2. The van der Waals surface area contributed by atoms with Crippen molar-refractivity contribution < 1.29 is 14.5 Å². The molecule has 0 saturated carbocycles. The summed E-state index contributed by atoms with van der Waals surface area (Å²) in [6.45, 7) is 2.41. The summed E-state index contributed by atoms with van der Waals surface area (Å²) >= 11 is 5.73. The summed E-state index contributed by atoms with van der Waals surface area (Å²) in [4.78, 5) is 26.7. The Hall–Kier alpha value is -2.67. The number of rotatable bonds is 6. The lowest BCUT2D eigenvalue weighted by Crippen LogP contribution is -2.24. The molecule has 0 aliphatic carbocycles. The molecule has 120 valence electrons. The molecular formula is C15H14ClN3O4. The first-order chi connectivity index (χ1) is 11.0. The van der Waals surface area contributed by atoms with E-state index in [4.69, 9.17) is 16.3 Å². The van der Waals surface area contributed by atoms with Crippen LogP contribution in [0.15, 0.2) is 36.5 Å². The Morgan fingerprint density at radius 2 is 2.22 bits per heavy atom. The van der Waals surface area contributed by atoms with Crippen LogP contribution in [0, 0.1) is 10.1 Å². The molecule has 0 fully saturated rings. The van der Waals surface area contributed by atoms with Crippen molar-refractivity contribution in [3.8, 4) is 5.88 Å². The number of hydrogen-bond donors (Lipinski definition) is 1. The first-order valence-corrected chi connectivity index (χ1v) is 7.19. The van der Waals surface area contributed by atoms with Crippen LogP contribution in [-0.2, 0) is 6.54 Å². The van der Waals surface area contributed by atoms with Crippen LogP contribution in [0.1, 0.15) is 22.8 Å². The average molecular weight is 336 g/mol. The van der Waals surface area contributed by atoms with Crippen molar-refractivity contribution >= 4 is 23.2 Å². The van der Waals surface area contributed by atoms with Crippen LogP contribution >= 0.6 is 11.6 Å². The summed E-state index contributed by atoms with van der Waals surface area (Å²) in [6.07, 6.45) is 1.58. The first-order valence-electron chi connectivity index (χ1n) is 6.81. The van der Waals surface area contributed by atoms with E-state index in [1.165, 1.54) is 12.1 Å². The van der Waals surface area contributed by atoms with Gasteiger partial charge in [0.15, 0.2) is 0 Å². The highest BCUT2D eigenvalue weighted by Crippen LogP contribution is 2.23. The number of nitro benzene ring substituents is 1. The Bertz CT molecular complexity index is 736. The van der Waals surface area contributed by atoms with Gasteiger partial charge >= 0.3 is 0 Å². The molecule has 1 aromatic carbocycles. The molecule has 2 rings (SSSR count). The number of benzene rings is 1. The van der Waals surface area contributed by atoms with Gasteiger partial charge in [0.05, 0.1) is 11.5 Å². The van der Waals surface area contributed by atoms with Gasteiger partial charge in [-0.05, 0) is 25.1 Å². The van der Waals surface area contributed by atoms with Crippen LogP contribution in [-0.4, -0.2) is 22.4 Å². The molecule has 23 heavy (non-hydrogen) atoms. The van der Waals surface area contributed by atoms with Crippen LogP contribution in [0.2, 0.25) is 5.02 Å². The molecule has 7 nitrogen and oxygen atoms in total. The van der Waals surface area contributed by atoms with Gasteiger partial charge in [-0.3, -0.25) is 14.9 Å². The van der Waals surface area contributed by atoms with Gasteiger partial charge in [-0.2, -0.15) is 0 Å². The van der Waals surface area contributed by atoms with Crippen molar-refractivity contribution in [1.82, 2.24) is 10.3 Å². The SMILES string of the molecule is CCOc1ncccc1CNC(=O)c1ccc(Cl)cc1[N+](=O)[O-]. The van der Waals surface area contributed by atoms with E-state index >= 15 is 0 Å². The normalized spacial score (nSPS) is 10.2. The van der Waals surface area contributed by atoms with E-state index in [1.54, 1.807) is 18.3 Å². The van der Waals surface area contributed by atoms with Gasteiger partial charge in [0.1, 0.15) is 5.56 Å². The largest absolute Gasteiger partial charge is 0.478 e. The van der Waals surface area contributed by atoms with Crippen molar-refractivity contribution in [3.63, 3.8) is 0 Å². The quantitative estimate of drug-likeness (QED) is 0.647. The lowest BCUT2D eigenvalue weighted by atomic mass is 10.1. The van der Waals surface area contributed by atoms with Crippen LogP contribution in [0.25, 0.3) is 0 Å². The zero-order valence-electron chi connectivity index (χ0n) is 12.3. The van der Waals surface area contributed by atoms with Crippen LogP contribution in [0.4, 0.5) is 5.69 Å². The summed E-state index contributed by atoms with van der Waals surface area (Å²) in [5, 5.41) is 13.8. The minimum absolute atomic E-state index is 0.0544. The van der Waals surface area contributed by atoms with Gasteiger partial charge in [-0.15, -0.1) is 0 Å². The van der Waals surface area contributed by atoms with Gasteiger partial charge in [0, 0.05) is 29.4 Å². The van der Waals surface area contributed by atoms with Gasteiger partial charge < -0.3 is 10.1 Å². The molecule has 2 aromatic rings. The molecule has 0 spiro atoms. The lowest BCUT2D eigenvalue weighted by molar-refractivity contribution is -0.385. The number of nitrogens with zero attached hydrogens (tertiary/aromatic N) is 2. The predicted octanol–water partition coefficient (Wildman–Crippen LogP) is 2.97. The zero-order chi connectivity index (χ0) is 16.8. The number of halogens is 1. The van der Waals surface area contributed by atoms with Crippen molar-refractivity contribution in [2.24, 2.45) is 0 Å². The number of ether oxygens (including phenoxy) is 1. The number of carbonyl (C=O) groups excluding carboxylic acids is 1. The molecule has 0 aliphatic rings. The molecular weight excluding hydrogens is 322 g/mol. The Morgan fingerprint density at radius 1 is 1.43 bits per heavy atom. The third-order valence-corrected chi connectivity index (χ3v) is 3.21. The molecule has 1 heterocycles. The fraction of sp³-hybridized carbons (Fsp3) is 0.200. The number of pyridine rings is 1. The predicted molar refractivity (Wildman–Crippen MR) is 84.7 cm³/mol. The third kappa shape index (κ3) is 4.17. The van der Waals surface area contributed by atoms with Gasteiger partial charge in [-0.1, -0.05) is 17.7 Å². The molecule has 0 aliphatic heterocycles. The van der Waals surface area contributed by atoms with E-state index in [0.717, 1.165) is 6.07 Å². The number of nitro groups is 1. The van der Waals surface area contributed by atoms with E-state index in [1.807, 2.05) is 6.92 Å². The van der Waals surface area contributed by atoms with Crippen molar-refractivity contribution in [2.45, 2.75) is 13.5 Å². The average Bonchev–Trinajstić information content (AvgIpc) is 2.54. The zero-order valence-corrected chi connectivity index (χ0v) is 13.0. The number of amides is 1. The molecule has 0 atom stereocenters. The van der Waals surface area contributed by atoms with Crippen LogP contribution < -0.4 is 10.1 Å². The van der Waals surface area contributed by atoms with E-state index in [9.17, 15) is 14.9 Å². The van der Waals surface area contributed by atoms with Gasteiger partial charge in [0.2, 0.25) is 5.88 Å². The highest BCUT2D eigenvalue weighted by molar-refractivity contribution is 6.31. The molecule has 0 radical (unpaired) electrons. The van der Waals surface area contributed by atoms with Crippen molar-refractivity contribution in [1.29, 1.82) is 0 Å². The Kier molecular flexibility index (Phi) is 5.48. The second-order valence-electron chi connectivity index (χ2n) is 4.50. The molecule has 0 unspecified atom stereocenters. The summed E-state index contributed by atoms with van der Waals surface area (Å²) in [7, 11) is 0. The molecule has 8 heteroatoms. The van der Waals surface area contributed by atoms with E-state index in [-0.39, 0.29) is 22.8 Å². The fourth-order valence-electron chi connectivity index (χ4n) is 1.94. The van der Waals surface area contributed by atoms with E-state index in [0.29, 0.717) is 18.1 Å². The third-order valence-electron chi connectivity index (χ3n) is 2.97. The monoisotopic (exact) mass is 335 g/mol. The van der Waals surface area contributed by atoms with Gasteiger partial charge in [0.25, 0.3) is 11.6 Å². The minimum atomic E-state index is -0.642. The maximum atomic E-state index is 12.2. The van der Waals surface area contributed by atoms with Crippen molar-refractivity contribution in [3.05, 3.63) is 62.8 Å². The Morgan fingerprint density at radius 3 is 2.91 bits per heavy atom. The standard InChI is InChI=1S/C15H14ClN3O4/c1-2-23-15-10(4-3-7-17-15)9-18-14(20)12-6-5-11(16)8-13(12)19(21)22/h3-8H,2,9H2,1H3,(H,18,20). The molecule has 1 N–H and O–H groups in total. The smallest absolute Gasteiger partial charge is 0.283 e. The molecule has 1 aromatic heterocycles. The number of carbonyl (C=O) groups is 1.